The van der Waals surface area contributed by atoms with Gasteiger partial charge in [0.05, 0.1) is 12.2 Å². The highest BCUT2D eigenvalue weighted by atomic mass is 16.5. The second-order valence-electron chi connectivity index (χ2n) is 5.63. The summed E-state index contributed by atoms with van der Waals surface area (Å²) < 4.78 is 4.96. The topological polar surface area (TPSA) is 80.2 Å². The van der Waals surface area contributed by atoms with E-state index in [1.165, 1.54) is 0 Å². The molecule has 7 heteroatoms. The second kappa shape index (κ2) is 7.72. The molecule has 24 heavy (non-hydrogen) atoms. The molecule has 1 fully saturated rings. The van der Waals surface area contributed by atoms with Crippen molar-refractivity contribution in [1.82, 2.24) is 15.0 Å². The van der Waals surface area contributed by atoms with Crippen LogP contribution in [-0.4, -0.2) is 46.7 Å². The Kier molecular flexibility index (Phi) is 5.20. The Morgan fingerprint density at radius 1 is 1.33 bits per heavy atom. The predicted molar refractivity (Wildman–Crippen MR) is 91.1 cm³/mol. The molecule has 1 unspecified atom stereocenters. The highest BCUT2D eigenvalue weighted by Crippen LogP contribution is 2.18. The van der Waals surface area contributed by atoms with E-state index in [9.17, 15) is 4.79 Å². The lowest BCUT2D eigenvalue weighted by atomic mass is 10.1. The number of carbonyl (C=O) groups is 1. The van der Waals surface area contributed by atoms with E-state index in [-0.39, 0.29) is 12.0 Å². The van der Waals surface area contributed by atoms with Gasteiger partial charge in [-0.15, -0.1) is 0 Å². The molecule has 3 rings (SSSR count). The maximum atomic E-state index is 11.6. The number of nitrogens with one attached hydrogen (secondary N) is 1. The SMILES string of the molecule is CCOC(=O)c1ccc(NC2CCCN(c3ncccn3)C2)nc1. The summed E-state index contributed by atoms with van der Waals surface area (Å²) in [6, 6.07) is 5.62. The van der Waals surface area contributed by atoms with Gasteiger partial charge >= 0.3 is 5.97 Å². The Morgan fingerprint density at radius 2 is 2.17 bits per heavy atom. The molecule has 7 nitrogen and oxygen atoms in total. The number of hydrogen-bond donors (Lipinski definition) is 1. The molecule has 2 aromatic heterocycles. The monoisotopic (exact) mass is 327 g/mol. The van der Waals surface area contributed by atoms with Crippen LogP contribution in [0.4, 0.5) is 11.8 Å². The van der Waals surface area contributed by atoms with E-state index in [0.717, 1.165) is 37.7 Å². The van der Waals surface area contributed by atoms with Crippen LogP contribution in [0.5, 0.6) is 0 Å². The van der Waals surface area contributed by atoms with Crippen LogP contribution >= 0.6 is 0 Å². The highest BCUT2D eigenvalue weighted by molar-refractivity contribution is 5.89. The molecule has 0 aliphatic carbocycles. The van der Waals surface area contributed by atoms with E-state index in [0.29, 0.717) is 12.2 Å². The van der Waals surface area contributed by atoms with E-state index >= 15 is 0 Å². The zero-order valence-corrected chi connectivity index (χ0v) is 13.7. The maximum absolute atomic E-state index is 11.6. The van der Waals surface area contributed by atoms with Gasteiger partial charge in [0.1, 0.15) is 5.82 Å². The third-order valence-corrected chi connectivity index (χ3v) is 3.88. The van der Waals surface area contributed by atoms with E-state index < -0.39 is 0 Å². The molecule has 0 spiro atoms. The van der Waals surface area contributed by atoms with E-state index in [4.69, 9.17) is 4.74 Å². The third kappa shape index (κ3) is 3.98. The smallest absolute Gasteiger partial charge is 0.339 e. The van der Waals surface area contributed by atoms with Crippen LogP contribution in [0.2, 0.25) is 0 Å². The summed E-state index contributed by atoms with van der Waals surface area (Å²) in [7, 11) is 0. The molecule has 0 amide bonds. The van der Waals surface area contributed by atoms with Gasteiger partial charge < -0.3 is 15.0 Å². The van der Waals surface area contributed by atoms with Crippen LogP contribution in [0.1, 0.15) is 30.1 Å². The molecular weight excluding hydrogens is 306 g/mol. The summed E-state index contributed by atoms with van der Waals surface area (Å²) in [6.07, 6.45) is 7.19. The molecule has 126 valence electrons. The van der Waals surface area contributed by atoms with Gasteiger partial charge in [0, 0.05) is 37.7 Å². The number of nitrogens with zero attached hydrogens (tertiary/aromatic N) is 4. The van der Waals surface area contributed by atoms with Crippen molar-refractivity contribution >= 4 is 17.7 Å². The Hall–Kier alpha value is -2.70. The molecule has 3 heterocycles. The fraction of sp³-hybridized carbons (Fsp3) is 0.412. The number of hydrogen-bond acceptors (Lipinski definition) is 7. The fourth-order valence-electron chi connectivity index (χ4n) is 2.75. The molecule has 0 saturated carbocycles. The molecule has 2 aromatic rings. The van der Waals surface area contributed by atoms with Gasteiger partial charge in [-0.05, 0) is 38.0 Å². The molecule has 0 bridgehead atoms. The van der Waals surface area contributed by atoms with Crippen LogP contribution in [0.25, 0.3) is 0 Å². The number of piperidine rings is 1. The number of esters is 1. The number of pyridine rings is 1. The fourth-order valence-corrected chi connectivity index (χ4v) is 2.75. The Balaban J connectivity index is 1.60. The number of rotatable bonds is 5. The van der Waals surface area contributed by atoms with Gasteiger partial charge in [-0.25, -0.2) is 19.7 Å². The van der Waals surface area contributed by atoms with Gasteiger partial charge in [-0.1, -0.05) is 0 Å². The van der Waals surface area contributed by atoms with E-state index in [1.807, 2.05) is 12.1 Å². The highest BCUT2D eigenvalue weighted by Gasteiger charge is 2.21. The van der Waals surface area contributed by atoms with Gasteiger partial charge in [-0.2, -0.15) is 0 Å². The quantitative estimate of drug-likeness (QED) is 0.843. The van der Waals surface area contributed by atoms with Crippen molar-refractivity contribution in [3.63, 3.8) is 0 Å². The van der Waals surface area contributed by atoms with Crippen LogP contribution in [0.3, 0.4) is 0 Å². The van der Waals surface area contributed by atoms with Crippen LogP contribution in [0, 0.1) is 0 Å². The molecule has 1 saturated heterocycles. The summed E-state index contributed by atoms with van der Waals surface area (Å²) >= 11 is 0. The van der Waals surface area contributed by atoms with E-state index in [2.05, 4.69) is 25.2 Å². The molecule has 1 atom stereocenters. The first-order valence-electron chi connectivity index (χ1n) is 8.18. The van der Waals surface area contributed by atoms with Crippen LogP contribution in [-0.2, 0) is 4.74 Å². The lowest BCUT2D eigenvalue weighted by molar-refractivity contribution is 0.0526. The average molecular weight is 327 g/mol. The van der Waals surface area contributed by atoms with Crippen molar-refractivity contribution in [2.24, 2.45) is 0 Å². The summed E-state index contributed by atoms with van der Waals surface area (Å²) in [5, 5.41) is 3.42. The maximum Gasteiger partial charge on any atom is 0.339 e. The molecule has 1 N–H and O–H groups in total. The summed E-state index contributed by atoms with van der Waals surface area (Å²) in [6.45, 7) is 3.92. The molecule has 0 aromatic carbocycles. The van der Waals surface area contributed by atoms with Crippen molar-refractivity contribution in [3.8, 4) is 0 Å². The Labute approximate surface area is 141 Å². The van der Waals surface area contributed by atoms with E-state index in [1.54, 1.807) is 31.6 Å². The first-order chi connectivity index (χ1) is 11.8. The Morgan fingerprint density at radius 3 is 2.88 bits per heavy atom. The number of ether oxygens (including phenoxy) is 1. The molecular formula is C17H21N5O2. The van der Waals surface area contributed by atoms with Crippen LogP contribution in [0.15, 0.2) is 36.8 Å². The number of carbonyl (C=O) groups excluding carboxylic acids is 1. The minimum atomic E-state index is -0.346. The van der Waals surface area contributed by atoms with Gasteiger partial charge in [-0.3, -0.25) is 0 Å². The zero-order valence-electron chi connectivity index (χ0n) is 13.7. The Bertz CT molecular complexity index is 662. The van der Waals surface area contributed by atoms with Gasteiger partial charge in [0.15, 0.2) is 0 Å². The van der Waals surface area contributed by atoms with Crippen molar-refractivity contribution in [3.05, 3.63) is 42.4 Å². The third-order valence-electron chi connectivity index (χ3n) is 3.88. The van der Waals surface area contributed by atoms with Crippen molar-refractivity contribution in [2.75, 3.05) is 29.9 Å². The van der Waals surface area contributed by atoms with Crippen molar-refractivity contribution in [1.29, 1.82) is 0 Å². The average Bonchev–Trinajstić information content (AvgIpc) is 2.63. The number of anilines is 2. The largest absolute Gasteiger partial charge is 0.462 e. The lowest BCUT2D eigenvalue weighted by Gasteiger charge is -2.33. The lowest BCUT2D eigenvalue weighted by Crippen LogP contribution is -2.43. The second-order valence-corrected chi connectivity index (χ2v) is 5.63. The van der Waals surface area contributed by atoms with Crippen molar-refractivity contribution < 1.29 is 9.53 Å². The zero-order chi connectivity index (χ0) is 16.8. The first-order valence-corrected chi connectivity index (χ1v) is 8.18. The minimum Gasteiger partial charge on any atom is -0.462 e. The number of aromatic nitrogens is 3. The summed E-state index contributed by atoms with van der Waals surface area (Å²) in [4.78, 5) is 26.8. The summed E-state index contributed by atoms with van der Waals surface area (Å²) in [5.74, 6) is 1.17. The normalized spacial score (nSPS) is 17.4. The standard InChI is InChI=1S/C17H21N5O2/c1-2-24-16(23)13-6-7-15(20-11-13)21-14-5-3-10-22(12-14)17-18-8-4-9-19-17/h4,6-9,11,14H,2-3,5,10,12H2,1H3,(H,20,21). The van der Waals surface area contributed by atoms with Gasteiger partial charge in [0.2, 0.25) is 5.95 Å². The minimum absolute atomic E-state index is 0.267. The molecule has 1 aliphatic rings. The van der Waals surface area contributed by atoms with Gasteiger partial charge in [0.25, 0.3) is 0 Å². The van der Waals surface area contributed by atoms with Crippen LogP contribution < -0.4 is 10.2 Å². The predicted octanol–water partition coefficient (Wildman–Crippen LogP) is 2.13. The van der Waals surface area contributed by atoms with Crippen molar-refractivity contribution in [2.45, 2.75) is 25.8 Å². The molecule has 0 radical (unpaired) electrons. The first kappa shape index (κ1) is 16.2. The molecule has 1 aliphatic heterocycles. The summed E-state index contributed by atoms with van der Waals surface area (Å²) in [5.41, 5.74) is 0.463.